The highest BCUT2D eigenvalue weighted by atomic mass is 16.2. The van der Waals surface area contributed by atoms with Crippen molar-refractivity contribution in [3.63, 3.8) is 0 Å². The van der Waals surface area contributed by atoms with E-state index in [1.807, 2.05) is 58.3 Å². The Morgan fingerprint density at radius 1 is 0.842 bits per heavy atom. The van der Waals surface area contributed by atoms with E-state index in [0.717, 1.165) is 75.8 Å². The third-order valence-electron chi connectivity index (χ3n) is 8.14. The van der Waals surface area contributed by atoms with Gasteiger partial charge < -0.3 is 20.0 Å². The summed E-state index contributed by atoms with van der Waals surface area (Å²) in [5.74, 6) is 0.237. The molecule has 3 aliphatic rings. The molecular formula is C31H40N4O3. The van der Waals surface area contributed by atoms with Crippen molar-refractivity contribution in [1.82, 2.24) is 9.80 Å². The van der Waals surface area contributed by atoms with Gasteiger partial charge in [-0.25, -0.2) is 0 Å². The number of hydrogen-bond acceptors (Lipinski definition) is 4. The van der Waals surface area contributed by atoms with Gasteiger partial charge in [0.1, 0.15) is 0 Å². The van der Waals surface area contributed by atoms with E-state index in [2.05, 4.69) is 17.1 Å². The van der Waals surface area contributed by atoms with Gasteiger partial charge in [0.05, 0.1) is 11.5 Å². The van der Waals surface area contributed by atoms with Crippen molar-refractivity contribution in [2.75, 3.05) is 49.5 Å². The Morgan fingerprint density at radius 2 is 1.58 bits per heavy atom. The molecule has 0 radical (unpaired) electrons. The summed E-state index contributed by atoms with van der Waals surface area (Å²) in [5.41, 5.74) is 3.30. The molecule has 0 unspecified atom stereocenters. The molecule has 2 saturated heterocycles. The average molecular weight is 517 g/mol. The van der Waals surface area contributed by atoms with Crippen LogP contribution in [0.1, 0.15) is 73.7 Å². The van der Waals surface area contributed by atoms with Crippen molar-refractivity contribution in [3.05, 3.63) is 59.7 Å². The number of nitrogens with one attached hydrogen (secondary N) is 1. The first-order valence-corrected chi connectivity index (χ1v) is 14.4. The summed E-state index contributed by atoms with van der Waals surface area (Å²) in [6.45, 7) is 6.41. The highest BCUT2D eigenvalue weighted by molar-refractivity contribution is 6.02. The Labute approximate surface area is 226 Å². The Balaban J connectivity index is 1.34. The fourth-order valence-electron chi connectivity index (χ4n) is 5.76. The molecule has 7 nitrogen and oxygen atoms in total. The van der Waals surface area contributed by atoms with E-state index in [1.165, 1.54) is 0 Å². The number of carbonyl (C=O) groups excluding carboxylic acids is 3. The van der Waals surface area contributed by atoms with Crippen molar-refractivity contribution in [2.24, 2.45) is 5.92 Å². The zero-order valence-electron chi connectivity index (χ0n) is 22.5. The zero-order valence-corrected chi connectivity index (χ0v) is 22.5. The van der Waals surface area contributed by atoms with Gasteiger partial charge in [-0.2, -0.15) is 0 Å². The molecule has 2 heterocycles. The maximum atomic E-state index is 13.7. The summed E-state index contributed by atoms with van der Waals surface area (Å²) in [4.78, 5) is 45.9. The lowest BCUT2D eigenvalue weighted by Crippen LogP contribution is -2.39. The number of rotatable bonds is 7. The van der Waals surface area contributed by atoms with E-state index in [-0.39, 0.29) is 29.6 Å². The van der Waals surface area contributed by atoms with Gasteiger partial charge in [-0.1, -0.05) is 37.3 Å². The van der Waals surface area contributed by atoms with Crippen LogP contribution in [0.4, 0.5) is 11.4 Å². The van der Waals surface area contributed by atoms with Crippen molar-refractivity contribution >= 4 is 29.1 Å². The van der Waals surface area contributed by atoms with Crippen molar-refractivity contribution in [2.45, 2.75) is 57.8 Å². The highest BCUT2D eigenvalue weighted by Gasteiger charge is 2.31. The number of carbonyl (C=O) groups is 3. The first kappa shape index (κ1) is 26.3. The van der Waals surface area contributed by atoms with Crippen LogP contribution < -0.4 is 10.2 Å². The molecular weight excluding hydrogens is 476 g/mol. The van der Waals surface area contributed by atoms with E-state index < -0.39 is 0 Å². The molecule has 1 atom stereocenters. The van der Waals surface area contributed by atoms with Crippen LogP contribution in [-0.4, -0.2) is 66.8 Å². The number of piperidine rings is 1. The minimum Gasteiger partial charge on any atom is -0.369 e. The van der Waals surface area contributed by atoms with Gasteiger partial charge in [-0.15, -0.1) is 0 Å². The van der Waals surface area contributed by atoms with Crippen LogP contribution in [-0.2, 0) is 9.59 Å². The lowest BCUT2D eigenvalue weighted by molar-refractivity contribution is -0.132. The van der Waals surface area contributed by atoms with Crippen LogP contribution in [0.15, 0.2) is 48.5 Å². The summed E-state index contributed by atoms with van der Waals surface area (Å²) in [6.07, 6.45) is 6.71. The number of benzene rings is 2. The zero-order chi connectivity index (χ0) is 26.5. The molecule has 2 aliphatic heterocycles. The average Bonchev–Trinajstić information content (AvgIpc) is 3.82. The fourth-order valence-corrected chi connectivity index (χ4v) is 5.76. The number of anilines is 2. The highest BCUT2D eigenvalue weighted by Crippen LogP contribution is 2.32. The summed E-state index contributed by atoms with van der Waals surface area (Å²) in [6, 6.07) is 15.8. The Kier molecular flexibility index (Phi) is 8.30. The lowest BCUT2D eigenvalue weighted by atomic mass is 9.95. The quantitative estimate of drug-likeness (QED) is 0.569. The van der Waals surface area contributed by atoms with Crippen LogP contribution in [0, 0.1) is 5.92 Å². The van der Waals surface area contributed by atoms with Crippen LogP contribution >= 0.6 is 0 Å². The molecule has 1 N–H and O–H groups in total. The largest absolute Gasteiger partial charge is 0.369 e. The predicted molar refractivity (Wildman–Crippen MR) is 150 cm³/mol. The Morgan fingerprint density at radius 3 is 2.29 bits per heavy atom. The van der Waals surface area contributed by atoms with Gasteiger partial charge in [0.15, 0.2) is 0 Å². The van der Waals surface area contributed by atoms with Crippen LogP contribution in [0.25, 0.3) is 0 Å². The predicted octanol–water partition coefficient (Wildman–Crippen LogP) is 4.89. The van der Waals surface area contributed by atoms with Crippen LogP contribution in [0.2, 0.25) is 0 Å². The molecule has 0 aromatic heterocycles. The first-order valence-electron chi connectivity index (χ1n) is 14.4. The number of hydrogen-bond donors (Lipinski definition) is 1. The normalized spacial score (nSPS) is 19.0. The van der Waals surface area contributed by atoms with Gasteiger partial charge in [0.25, 0.3) is 5.91 Å². The molecule has 3 amide bonds. The molecule has 2 aromatic rings. The lowest BCUT2D eigenvalue weighted by Gasteiger charge is -2.31. The van der Waals surface area contributed by atoms with E-state index in [4.69, 9.17) is 0 Å². The van der Waals surface area contributed by atoms with Crippen LogP contribution in [0.5, 0.6) is 0 Å². The Bertz CT molecular complexity index is 1140. The summed E-state index contributed by atoms with van der Waals surface area (Å²) < 4.78 is 0. The van der Waals surface area contributed by atoms with Gasteiger partial charge in [0, 0.05) is 56.6 Å². The molecule has 1 aliphatic carbocycles. The Hall–Kier alpha value is -3.35. The summed E-state index contributed by atoms with van der Waals surface area (Å²) in [7, 11) is 0. The monoisotopic (exact) mass is 516 g/mol. The maximum absolute atomic E-state index is 13.7. The van der Waals surface area contributed by atoms with Crippen molar-refractivity contribution in [1.29, 1.82) is 0 Å². The SMILES string of the molecule is CC[C@@H](C(=O)N1CCCN(c2ccc(NC(=O)C3CC3)cc2C(=O)N2CCCCC2)CC1)c1ccccc1. The smallest absolute Gasteiger partial charge is 0.256 e. The number of likely N-dealkylation sites (tertiary alicyclic amines) is 1. The minimum atomic E-state index is -0.131. The molecule has 5 rings (SSSR count). The molecule has 1 saturated carbocycles. The first-order chi connectivity index (χ1) is 18.5. The number of nitrogens with zero attached hydrogens (tertiary/aromatic N) is 3. The van der Waals surface area contributed by atoms with E-state index in [9.17, 15) is 14.4 Å². The fraction of sp³-hybridized carbons (Fsp3) is 0.516. The third kappa shape index (κ3) is 6.03. The van der Waals surface area contributed by atoms with E-state index >= 15 is 0 Å². The van der Waals surface area contributed by atoms with Crippen molar-refractivity contribution in [3.8, 4) is 0 Å². The van der Waals surface area contributed by atoms with E-state index in [0.29, 0.717) is 30.9 Å². The third-order valence-corrected chi connectivity index (χ3v) is 8.14. The second-order valence-electron chi connectivity index (χ2n) is 10.9. The van der Waals surface area contributed by atoms with Crippen molar-refractivity contribution < 1.29 is 14.4 Å². The second-order valence-corrected chi connectivity index (χ2v) is 10.9. The van der Waals surface area contributed by atoms with Gasteiger partial charge in [0.2, 0.25) is 11.8 Å². The van der Waals surface area contributed by atoms with Gasteiger partial charge in [-0.05, 0) is 68.7 Å². The van der Waals surface area contributed by atoms with Gasteiger partial charge >= 0.3 is 0 Å². The molecule has 38 heavy (non-hydrogen) atoms. The molecule has 3 fully saturated rings. The molecule has 0 bridgehead atoms. The minimum absolute atomic E-state index is 0.0366. The van der Waals surface area contributed by atoms with Crippen LogP contribution in [0.3, 0.4) is 0 Å². The molecule has 0 spiro atoms. The molecule has 2 aromatic carbocycles. The summed E-state index contributed by atoms with van der Waals surface area (Å²) >= 11 is 0. The number of amides is 3. The van der Waals surface area contributed by atoms with Gasteiger partial charge in [-0.3, -0.25) is 14.4 Å². The van der Waals surface area contributed by atoms with E-state index in [1.54, 1.807) is 0 Å². The standard InChI is InChI=1S/C31H40N4O3/c1-2-26(23-10-5-3-6-11-23)30(37)35-19-9-18-33(20-21-35)28-15-14-25(32-29(36)24-12-13-24)22-27(28)31(38)34-16-7-4-8-17-34/h3,5-6,10-11,14-15,22,24,26H,2,4,7-9,12-13,16-21H2,1H3,(H,32,36)/t26-/m1/s1. The molecule has 202 valence electrons. The topological polar surface area (TPSA) is 73.0 Å². The summed E-state index contributed by atoms with van der Waals surface area (Å²) in [5, 5.41) is 3.02. The molecule has 7 heteroatoms. The second kappa shape index (κ2) is 12.0. The maximum Gasteiger partial charge on any atom is 0.256 e.